The Hall–Kier alpha value is -3.08. The van der Waals surface area contributed by atoms with E-state index in [1.165, 1.54) is 0 Å². The quantitative estimate of drug-likeness (QED) is 0.327. The zero-order chi connectivity index (χ0) is 23.7. The van der Waals surface area contributed by atoms with Crippen LogP contribution in [0, 0.1) is 12.8 Å². The average Bonchev–Trinajstić information content (AvgIpc) is 3.20. The highest BCUT2D eigenvalue weighted by Gasteiger charge is 2.32. The molecule has 0 radical (unpaired) electrons. The Morgan fingerprint density at radius 1 is 1.00 bits per heavy atom. The summed E-state index contributed by atoms with van der Waals surface area (Å²) in [6.45, 7) is 6.26. The topological polar surface area (TPSA) is 45.5 Å². The van der Waals surface area contributed by atoms with Crippen LogP contribution >= 0.6 is 11.6 Å². The van der Waals surface area contributed by atoms with Crippen molar-refractivity contribution in [3.05, 3.63) is 100 Å². The van der Waals surface area contributed by atoms with Crippen LogP contribution in [-0.2, 0) is 0 Å². The Morgan fingerprint density at radius 2 is 1.68 bits per heavy atom. The van der Waals surface area contributed by atoms with Crippen molar-refractivity contribution in [1.82, 2.24) is 4.90 Å². The molecule has 4 nitrogen and oxygen atoms in total. The highest BCUT2D eigenvalue weighted by atomic mass is 35.5. The molecular formula is C29H29ClN2O2. The van der Waals surface area contributed by atoms with Gasteiger partial charge in [-0.2, -0.15) is 0 Å². The number of benzene rings is 3. The van der Waals surface area contributed by atoms with Crippen molar-refractivity contribution < 1.29 is 9.21 Å². The number of amides is 1. The zero-order valence-electron chi connectivity index (χ0n) is 19.6. The summed E-state index contributed by atoms with van der Waals surface area (Å²) in [4.78, 5) is 15.7. The number of nitrogens with one attached hydrogen (secondary N) is 1. The van der Waals surface area contributed by atoms with E-state index in [-0.39, 0.29) is 11.9 Å². The smallest absolute Gasteiger partial charge is 0.255 e. The summed E-state index contributed by atoms with van der Waals surface area (Å²) in [6.07, 6.45) is 2.27. The second-order valence-corrected chi connectivity index (χ2v) is 9.77. The van der Waals surface area contributed by atoms with E-state index in [0.29, 0.717) is 16.5 Å². The van der Waals surface area contributed by atoms with Gasteiger partial charge in [0, 0.05) is 16.0 Å². The van der Waals surface area contributed by atoms with Gasteiger partial charge in [0.15, 0.2) is 0 Å². The molecule has 1 aliphatic heterocycles. The molecule has 34 heavy (non-hydrogen) atoms. The maximum atomic E-state index is 13.3. The molecule has 3 aromatic carbocycles. The van der Waals surface area contributed by atoms with Gasteiger partial charge in [-0.25, -0.2) is 0 Å². The van der Waals surface area contributed by atoms with Gasteiger partial charge in [0.25, 0.3) is 5.91 Å². The largest absolute Gasteiger partial charge is 0.457 e. The second kappa shape index (κ2) is 9.65. The summed E-state index contributed by atoms with van der Waals surface area (Å²) in [5.74, 6) is 1.33. The summed E-state index contributed by atoms with van der Waals surface area (Å²) in [5.41, 5.74) is 4.34. The van der Waals surface area contributed by atoms with Gasteiger partial charge in [0.2, 0.25) is 0 Å². The lowest BCUT2D eigenvalue weighted by atomic mass is 9.94. The maximum absolute atomic E-state index is 13.3. The molecule has 0 unspecified atom stereocenters. The van der Waals surface area contributed by atoms with Gasteiger partial charge < -0.3 is 9.73 Å². The highest BCUT2D eigenvalue weighted by Crippen LogP contribution is 2.42. The Kier molecular flexibility index (Phi) is 6.44. The zero-order valence-corrected chi connectivity index (χ0v) is 20.3. The molecule has 1 saturated heterocycles. The molecule has 0 bridgehead atoms. The molecule has 1 amide bonds. The number of hydrogen-bond acceptors (Lipinski definition) is 3. The van der Waals surface area contributed by atoms with E-state index in [9.17, 15) is 4.79 Å². The molecule has 2 heterocycles. The third kappa shape index (κ3) is 4.61. The van der Waals surface area contributed by atoms with Crippen LogP contribution in [0.2, 0.25) is 5.02 Å². The van der Waals surface area contributed by atoms with Gasteiger partial charge in [-0.15, -0.1) is 0 Å². The van der Waals surface area contributed by atoms with Gasteiger partial charge in [-0.1, -0.05) is 60.5 Å². The number of fused-ring (bicyclic) bond motifs is 1. The third-order valence-corrected chi connectivity index (χ3v) is 7.04. The van der Waals surface area contributed by atoms with Crippen molar-refractivity contribution in [2.75, 3.05) is 18.4 Å². The number of rotatable bonds is 5. The van der Waals surface area contributed by atoms with E-state index in [1.807, 2.05) is 67.6 Å². The van der Waals surface area contributed by atoms with Gasteiger partial charge in [0.05, 0.1) is 11.7 Å². The molecule has 0 aliphatic carbocycles. The van der Waals surface area contributed by atoms with Crippen molar-refractivity contribution in [1.29, 1.82) is 0 Å². The number of aryl methyl sites for hydroxylation is 1. The molecule has 5 rings (SSSR count). The fourth-order valence-corrected chi connectivity index (χ4v) is 4.86. The standard InChI is InChI=1S/C29H29ClN2O2/c1-19-7-9-22(10-8-19)29(33)31-26-24-5-3-4-6-25(24)34-28(26)27(21-11-13-23(30)14-12-21)32-17-15-20(2)16-18-32/h3-14,20,27H,15-18H2,1-2H3,(H,31,33)/t27-/m1/s1. The van der Waals surface area contributed by atoms with Gasteiger partial charge in [-0.3, -0.25) is 9.69 Å². The minimum absolute atomic E-state index is 0.120. The molecule has 1 atom stereocenters. The van der Waals surface area contributed by atoms with Gasteiger partial charge in [-0.05, 0) is 80.7 Å². The lowest BCUT2D eigenvalue weighted by Gasteiger charge is -2.36. The first-order valence-corrected chi connectivity index (χ1v) is 12.3. The van der Waals surface area contributed by atoms with E-state index >= 15 is 0 Å². The monoisotopic (exact) mass is 472 g/mol. The SMILES string of the molecule is Cc1ccc(C(=O)Nc2c([C@@H](c3ccc(Cl)cc3)N3CCC(C)CC3)oc3ccccc23)cc1. The van der Waals surface area contributed by atoms with Crippen LogP contribution in [0.3, 0.4) is 0 Å². The average molecular weight is 473 g/mol. The summed E-state index contributed by atoms with van der Waals surface area (Å²) in [7, 11) is 0. The van der Waals surface area contributed by atoms with E-state index in [4.69, 9.17) is 16.0 Å². The van der Waals surface area contributed by atoms with Crippen LogP contribution in [-0.4, -0.2) is 23.9 Å². The van der Waals surface area contributed by atoms with Crippen LogP contribution in [0.1, 0.15) is 53.1 Å². The van der Waals surface area contributed by atoms with E-state index in [1.54, 1.807) is 0 Å². The predicted molar refractivity (Wildman–Crippen MR) is 139 cm³/mol. The Labute approximate surface area is 205 Å². The Balaban J connectivity index is 1.61. The fourth-order valence-electron chi connectivity index (χ4n) is 4.74. The maximum Gasteiger partial charge on any atom is 0.255 e. The number of carbonyl (C=O) groups excluding carboxylic acids is 1. The molecule has 0 spiro atoms. The number of carbonyl (C=O) groups is 1. The van der Waals surface area contributed by atoms with Crippen molar-refractivity contribution in [3.63, 3.8) is 0 Å². The van der Waals surface area contributed by atoms with Crippen LogP contribution < -0.4 is 5.32 Å². The van der Waals surface area contributed by atoms with Crippen LogP contribution in [0.4, 0.5) is 5.69 Å². The van der Waals surface area contributed by atoms with Crippen LogP contribution in [0.5, 0.6) is 0 Å². The molecule has 1 aromatic heterocycles. The van der Waals surface area contributed by atoms with Crippen LogP contribution in [0.15, 0.2) is 77.2 Å². The van der Waals surface area contributed by atoms with E-state index < -0.39 is 0 Å². The first-order chi connectivity index (χ1) is 16.5. The number of para-hydroxylation sites is 1. The molecule has 1 aliphatic rings. The first-order valence-electron chi connectivity index (χ1n) is 11.9. The number of likely N-dealkylation sites (tertiary alicyclic amines) is 1. The number of nitrogens with zero attached hydrogens (tertiary/aromatic N) is 1. The normalized spacial score (nSPS) is 16.0. The van der Waals surface area contributed by atoms with Crippen LogP contribution in [0.25, 0.3) is 11.0 Å². The summed E-state index contributed by atoms with van der Waals surface area (Å²) in [6, 6.07) is 23.4. The van der Waals surface area contributed by atoms with Crippen molar-refractivity contribution in [3.8, 4) is 0 Å². The third-order valence-electron chi connectivity index (χ3n) is 6.79. The van der Waals surface area contributed by atoms with Gasteiger partial charge in [0.1, 0.15) is 11.3 Å². The molecule has 174 valence electrons. The fraction of sp³-hybridized carbons (Fsp3) is 0.276. The molecular weight excluding hydrogens is 444 g/mol. The second-order valence-electron chi connectivity index (χ2n) is 9.33. The lowest BCUT2D eigenvalue weighted by molar-refractivity contribution is 0.102. The van der Waals surface area contributed by atoms with E-state index in [0.717, 1.165) is 59.5 Å². The van der Waals surface area contributed by atoms with Crippen molar-refractivity contribution >= 4 is 34.2 Å². The van der Waals surface area contributed by atoms with E-state index in [2.05, 4.69) is 29.3 Å². The van der Waals surface area contributed by atoms with Crippen molar-refractivity contribution in [2.45, 2.75) is 32.7 Å². The number of anilines is 1. The van der Waals surface area contributed by atoms with Gasteiger partial charge >= 0.3 is 0 Å². The molecule has 4 aromatic rings. The summed E-state index contributed by atoms with van der Waals surface area (Å²) < 4.78 is 6.49. The molecule has 0 saturated carbocycles. The lowest BCUT2D eigenvalue weighted by Crippen LogP contribution is -2.37. The predicted octanol–water partition coefficient (Wildman–Crippen LogP) is 7.47. The Morgan fingerprint density at radius 3 is 2.38 bits per heavy atom. The number of halogens is 1. The number of hydrogen-bond donors (Lipinski definition) is 1. The highest BCUT2D eigenvalue weighted by molar-refractivity contribution is 6.30. The van der Waals surface area contributed by atoms with Crippen molar-refractivity contribution in [2.24, 2.45) is 5.92 Å². The number of piperidine rings is 1. The molecule has 1 fully saturated rings. The molecule has 1 N–H and O–H groups in total. The summed E-state index contributed by atoms with van der Waals surface area (Å²) >= 11 is 6.22. The minimum atomic E-state index is -0.144. The first kappa shape index (κ1) is 22.7. The Bertz CT molecular complexity index is 1290. The molecule has 5 heteroatoms. The summed E-state index contributed by atoms with van der Waals surface area (Å²) in [5, 5.41) is 4.80. The number of furan rings is 1. The minimum Gasteiger partial charge on any atom is -0.457 e.